The molecule has 1 heterocycles. The number of methoxy groups -OCH3 is 1. The van der Waals surface area contributed by atoms with Gasteiger partial charge in [0.1, 0.15) is 11.4 Å². The highest BCUT2D eigenvalue weighted by molar-refractivity contribution is 7.09. The van der Waals surface area contributed by atoms with Crippen LogP contribution in [0.1, 0.15) is 34.9 Å². The van der Waals surface area contributed by atoms with E-state index >= 15 is 0 Å². The van der Waals surface area contributed by atoms with Crippen molar-refractivity contribution in [1.82, 2.24) is 9.88 Å². The van der Waals surface area contributed by atoms with Gasteiger partial charge >= 0.3 is 0 Å². The molecule has 0 aliphatic heterocycles. The van der Waals surface area contributed by atoms with Gasteiger partial charge in [0.05, 0.1) is 12.1 Å². The van der Waals surface area contributed by atoms with Crippen molar-refractivity contribution in [3.8, 4) is 5.75 Å². The smallest absolute Gasteiger partial charge is 0.273 e. The zero-order chi connectivity index (χ0) is 17.5. The van der Waals surface area contributed by atoms with Gasteiger partial charge < -0.3 is 15.4 Å². The first-order valence-corrected chi connectivity index (χ1v) is 9.05. The Bertz CT molecular complexity index is 655. The first-order chi connectivity index (χ1) is 11.6. The maximum atomic E-state index is 12.7. The molecule has 0 fully saturated rings. The van der Waals surface area contributed by atoms with Crippen molar-refractivity contribution in [2.24, 2.45) is 5.73 Å². The normalized spacial score (nSPS) is 12.0. The van der Waals surface area contributed by atoms with Crippen molar-refractivity contribution in [3.05, 3.63) is 45.9 Å². The number of amides is 1. The molecule has 1 amide bonds. The zero-order valence-electron chi connectivity index (χ0n) is 14.5. The summed E-state index contributed by atoms with van der Waals surface area (Å²) in [6, 6.07) is 8.06. The van der Waals surface area contributed by atoms with E-state index in [2.05, 4.69) is 11.9 Å². The lowest BCUT2D eigenvalue weighted by Crippen LogP contribution is -2.39. The van der Waals surface area contributed by atoms with Crippen molar-refractivity contribution in [2.75, 3.05) is 20.2 Å². The minimum atomic E-state index is -0.0157. The molecule has 0 saturated heterocycles. The summed E-state index contributed by atoms with van der Waals surface area (Å²) in [4.78, 5) is 19.0. The van der Waals surface area contributed by atoms with Crippen molar-refractivity contribution in [1.29, 1.82) is 0 Å². The molecule has 2 N–H and O–H groups in total. The number of carbonyl (C=O) groups excluding carboxylic acids is 1. The predicted octanol–water partition coefficient (Wildman–Crippen LogP) is 2.75. The van der Waals surface area contributed by atoms with Crippen LogP contribution >= 0.6 is 11.3 Å². The third kappa shape index (κ3) is 4.55. The summed E-state index contributed by atoms with van der Waals surface area (Å²) < 4.78 is 5.18. The molecule has 1 aromatic carbocycles. The van der Waals surface area contributed by atoms with Gasteiger partial charge in [0.15, 0.2) is 0 Å². The number of hydrogen-bond acceptors (Lipinski definition) is 5. The summed E-state index contributed by atoms with van der Waals surface area (Å²) in [5.41, 5.74) is 7.25. The number of rotatable bonds is 8. The summed E-state index contributed by atoms with van der Waals surface area (Å²) in [5.74, 6) is 0.822. The number of nitrogens with zero attached hydrogens (tertiary/aromatic N) is 2. The number of hydrogen-bond donors (Lipinski definition) is 1. The summed E-state index contributed by atoms with van der Waals surface area (Å²) in [5, 5.41) is 2.75. The lowest BCUT2D eigenvalue weighted by molar-refractivity contribution is 0.0698. The monoisotopic (exact) mass is 347 g/mol. The van der Waals surface area contributed by atoms with E-state index in [4.69, 9.17) is 10.5 Å². The summed E-state index contributed by atoms with van der Waals surface area (Å²) in [6.45, 7) is 5.26. The molecule has 24 heavy (non-hydrogen) atoms. The van der Waals surface area contributed by atoms with Crippen molar-refractivity contribution < 1.29 is 9.53 Å². The van der Waals surface area contributed by atoms with E-state index in [1.54, 1.807) is 7.11 Å². The molecule has 0 saturated carbocycles. The number of likely N-dealkylation sites (N-methyl/N-ethyl adjacent to an activating group) is 1. The second kappa shape index (κ2) is 8.80. The van der Waals surface area contributed by atoms with E-state index < -0.39 is 0 Å². The van der Waals surface area contributed by atoms with Crippen molar-refractivity contribution in [3.63, 3.8) is 0 Å². The molecule has 0 aliphatic rings. The van der Waals surface area contributed by atoms with E-state index in [1.165, 1.54) is 16.9 Å². The maximum Gasteiger partial charge on any atom is 0.273 e. The van der Waals surface area contributed by atoms with E-state index in [0.29, 0.717) is 25.2 Å². The SMILES string of the molecule is CCN(C(=O)c1csc(CCN)n1)C(C)Cc1ccc(OC)cc1. The van der Waals surface area contributed by atoms with Crippen LogP contribution in [-0.2, 0) is 12.8 Å². The van der Waals surface area contributed by atoms with Gasteiger partial charge in [-0.2, -0.15) is 0 Å². The third-order valence-corrected chi connectivity index (χ3v) is 4.86. The van der Waals surface area contributed by atoms with Crippen LogP contribution in [0.4, 0.5) is 0 Å². The largest absolute Gasteiger partial charge is 0.497 e. The first kappa shape index (κ1) is 18.4. The Labute approximate surface area is 147 Å². The minimum Gasteiger partial charge on any atom is -0.497 e. The standard InChI is InChI=1S/C18H25N3O2S/c1-4-21(18(22)16-12-24-17(20-16)9-10-19)13(2)11-14-5-7-15(23-3)8-6-14/h5-8,12-13H,4,9-11,19H2,1-3H3. The van der Waals surface area contributed by atoms with Crippen LogP contribution in [0.15, 0.2) is 29.6 Å². The number of thiazole rings is 1. The highest BCUT2D eigenvalue weighted by Crippen LogP contribution is 2.17. The van der Waals surface area contributed by atoms with Gasteiger partial charge in [-0.1, -0.05) is 12.1 Å². The van der Waals surface area contributed by atoms with Crippen LogP contribution in [-0.4, -0.2) is 42.0 Å². The fourth-order valence-electron chi connectivity index (χ4n) is 2.66. The molecule has 0 spiro atoms. The Morgan fingerprint density at radius 1 is 1.38 bits per heavy atom. The number of nitrogens with two attached hydrogens (primary N) is 1. The molecule has 0 bridgehead atoms. The van der Waals surface area contributed by atoms with Crippen molar-refractivity contribution in [2.45, 2.75) is 32.7 Å². The molecule has 0 radical (unpaired) electrons. The Balaban J connectivity index is 2.05. The second-order valence-electron chi connectivity index (χ2n) is 5.66. The van der Waals surface area contributed by atoms with E-state index in [9.17, 15) is 4.79 Å². The van der Waals surface area contributed by atoms with E-state index in [-0.39, 0.29) is 11.9 Å². The first-order valence-electron chi connectivity index (χ1n) is 8.17. The Hall–Kier alpha value is -1.92. The molecule has 5 nitrogen and oxygen atoms in total. The molecule has 1 unspecified atom stereocenters. The number of aromatic nitrogens is 1. The zero-order valence-corrected chi connectivity index (χ0v) is 15.3. The quantitative estimate of drug-likeness (QED) is 0.797. The average molecular weight is 347 g/mol. The molecule has 6 heteroatoms. The minimum absolute atomic E-state index is 0.0157. The Morgan fingerprint density at radius 3 is 2.67 bits per heavy atom. The summed E-state index contributed by atoms with van der Waals surface area (Å²) >= 11 is 1.50. The lowest BCUT2D eigenvalue weighted by atomic mass is 10.1. The van der Waals surface area contributed by atoms with Gasteiger partial charge in [0.2, 0.25) is 0 Å². The molecule has 1 aromatic heterocycles. The van der Waals surface area contributed by atoms with E-state index in [0.717, 1.165) is 17.2 Å². The van der Waals surface area contributed by atoms with Crippen LogP contribution in [0, 0.1) is 0 Å². The molecular weight excluding hydrogens is 322 g/mol. The number of benzene rings is 1. The van der Waals surface area contributed by atoms with Crippen LogP contribution < -0.4 is 10.5 Å². The van der Waals surface area contributed by atoms with Gasteiger partial charge in [0.25, 0.3) is 5.91 Å². The molecule has 0 aliphatic carbocycles. The van der Waals surface area contributed by atoms with Crippen molar-refractivity contribution >= 4 is 17.2 Å². The Kier molecular flexibility index (Phi) is 6.75. The highest BCUT2D eigenvalue weighted by Gasteiger charge is 2.22. The highest BCUT2D eigenvalue weighted by atomic mass is 32.1. The van der Waals surface area contributed by atoms with Crippen LogP contribution in [0.25, 0.3) is 0 Å². The molecule has 130 valence electrons. The summed E-state index contributed by atoms with van der Waals surface area (Å²) in [6.07, 6.45) is 1.51. The molecule has 1 atom stereocenters. The molecule has 2 aromatic rings. The lowest BCUT2D eigenvalue weighted by Gasteiger charge is -2.27. The van der Waals surface area contributed by atoms with Crippen LogP contribution in [0.5, 0.6) is 5.75 Å². The number of carbonyl (C=O) groups is 1. The molecule has 2 rings (SSSR count). The van der Waals surface area contributed by atoms with Gasteiger partial charge in [-0.05, 0) is 44.5 Å². The van der Waals surface area contributed by atoms with Gasteiger partial charge in [-0.15, -0.1) is 11.3 Å². The topological polar surface area (TPSA) is 68.5 Å². The summed E-state index contributed by atoms with van der Waals surface area (Å²) in [7, 11) is 1.65. The van der Waals surface area contributed by atoms with Gasteiger partial charge in [0, 0.05) is 24.4 Å². The Morgan fingerprint density at radius 2 is 2.08 bits per heavy atom. The van der Waals surface area contributed by atoms with Gasteiger partial charge in [-0.25, -0.2) is 4.98 Å². The van der Waals surface area contributed by atoms with E-state index in [1.807, 2.05) is 41.5 Å². The van der Waals surface area contributed by atoms with Gasteiger partial charge in [-0.3, -0.25) is 4.79 Å². The number of ether oxygens (including phenoxy) is 1. The van der Waals surface area contributed by atoms with Crippen LogP contribution in [0.3, 0.4) is 0 Å². The second-order valence-corrected chi connectivity index (χ2v) is 6.60. The fourth-order valence-corrected chi connectivity index (χ4v) is 3.45. The fraction of sp³-hybridized carbons (Fsp3) is 0.444. The average Bonchev–Trinajstić information content (AvgIpc) is 3.05. The predicted molar refractivity (Wildman–Crippen MR) is 97.7 cm³/mol. The molecular formula is C18H25N3O2S. The van der Waals surface area contributed by atoms with Crippen LogP contribution in [0.2, 0.25) is 0 Å². The third-order valence-electron chi connectivity index (χ3n) is 3.95. The maximum absolute atomic E-state index is 12.7.